The van der Waals surface area contributed by atoms with Gasteiger partial charge in [0.1, 0.15) is 11.9 Å². The van der Waals surface area contributed by atoms with Crippen LogP contribution < -0.4 is 10.1 Å². The standard InChI is InChI=1S/C20H24N2O3/c1-15(16-7-5-4-6-8-16)25-18-11-9-17(10-12-18)20(24)21-14-13-19(23)22(2)3/h4-12,15H,13-14H2,1-3H3,(H,21,24)/t15-/m0/s1. The number of hydrogen-bond acceptors (Lipinski definition) is 3. The van der Waals surface area contributed by atoms with E-state index >= 15 is 0 Å². The van der Waals surface area contributed by atoms with Gasteiger partial charge >= 0.3 is 0 Å². The van der Waals surface area contributed by atoms with E-state index in [-0.39, 0.29) is 24.3 Å². The molecule has 0 fully saturated rings. The van der Waals surface area contributed by atoms with E-state index in [0.29, 0.717) is 17.9 Å². The van der Waals surface area contributed by atoms with E-state index in [1.54, 1.807) is 38.4 Å². The van der Waals surface area contributed by atoms with E-state index in [4.69, 9.17) is 4.74 Å². The van der Waals surface area contributed by atoms with Crippen LogP contribution in [0.2, 0.25) is 0 Å². The summed E-state index contributed by atoms with van der Waals surface area (Å²) in [5.74, 6) is 0.490. The first-order chi connectivity index (χ1) is 12.0. The summed E-state index contributed by atoms with van der Waals surface area (Å²) in [6.45, 7) is 2.30. The number of carbonyl (C=O) groups excluding carboxylic acids is 2. The molecule has 0 aromatic heterocycles. The fraction of sp³-hybridized carbons (Fsp3) is 0.300. The van der Waals surface area contributed by atoms with Gasteiger partial charge in [-0.15, -0.1) is 0 Å². The number of rotatable bonds is 7. The van der Waals surface area contributed by atoms with Crippen LogP contribution in [0.5, 0.6) is 5.75 Å². The van der Waals surface area contributed by atoms with Crippen LogP contribution in [-0.2, 0) is 4.79 Å². The number of hydrogen-bond donors (Lipinski definition) is 1. The van der Waals surface area contributed by atoms with Gasteiger partial charge in [0.2, 0.25) is 5.91 Å². The Morgan fingerprint density at radius 3 is 2.28 bits per heavy atom. The lowest BCUT2D eigenvalue weighted by Gasteiger charge is -2.15. The molecule has 0 unspecified atom stereocenters. The molecule has 0 aliphatic rings. The number of ether oxygens (including phenoxy) is 1. The van der Waals surface area contributed by atoms with E-state index in [1.807, 2.05) is 37.3 Å². The highest BCUT2D eigenvalue weighted by molar-refractivity contribution is 5.94. The smallest absolute Gasteiger partial charge is 0.251 e. The van der Waals surface area contributed by atoms with E-state index in [9.17, 15) is 9.59 Å². The predicted octanol–water partition coefficient (Wildman–Crippen LogP) is 3.03. The average Bonchev–Trinajstić information content (AvgIpc) is 2.62. The molecule has 1 N–H and O–H groups in total. The summed E-state index contributed by atoms with van der Waals surface area (Å²) >= 11 is 0. The highest BCUT2D eigenvalue weighted by atomic mass is 16.5. The maximum Gasteiger partial charge on any atom is 0.251 e. The van der Waals surface area contributed by atoms with E-state index in [0.717, 1.165) is 5.56 Å². The fourth-order valence-corrected chi connectivity index (χ4v) is 2.29. The molecule has 132 valence electrons. The van der Waals surface area contributed by atoms with Gasteiger partial charge in [0, 0.05) is 32.6 Å². The minimum atomic E-state index is -0.200. The topological polar surface area (TPSA) is 58.6 Å². The quantitative estimate of drug-likeness (QED) is 0.843. The highest BCUT2D eigenvalue weighted by Crippen LogP contribution is 2.21. The Hall–Kier alpha value is -2.82. The summed E-state index contributed by atoms with van der Waals surface area (Å²) in [4.78, 5) is 25.1. The van der Waals surface area contributed by atoms with Crippen molar-refractivity contribution in [2.24, 2.45) is 0 Å². The molecule has 0 spiro atoms. The van der Waals surface area contributed by atoms with Crippen LogP contribution in [0.4, 0.5) is 0 Å². The lowest BCUT2D eigenvalue weighted by molar-refractivity contribution is -0.128. The Balaban J connectivity index is 1.86. The van der Waals surface area contributed by atoms with Crippen LogP contribution in [0, 0.1) is 0 Å². The van der Waals surface area contributed by atoms with Crippen LogP contribution in [0.3, 0.4) is 0 Å². The number of nitrogens with zero attached hydrogens (tertiary/aromatic N) is 1. The van der Waals surface area contributed by atoms with Crippen molar-refractivity contribution in [1.82, 2.24) is 10.2 Å². The molecule has 5 heteroatoms. The first-order valence-electron chi connectivity index (χ1n) is 8.27. The molecule has 2 rings (SSSR count). The lowest BCUT2D eigenvalue weighted by Crippen LogP contribution is -2.30. The maximum atomic E-state index is 12.1. The molecule has 0 aliphatic heterocycles. The van der Waals surface area contributed by atoms with Crippen molar-refractivity contribution in [2.45, 2.75) is 19.4 Å². The van der Waals surface area contributed by atoms with Gasteiger partial charge in [-0.3, -0.25) is 9.59 Å². The molecule has 2 aromatic rings. The van der Waals surface area contributed by atoms with Crippen molar-refractivity contribution < 1.29 is 14.3 Å². The largest absolute Gasteiger partial charge is 0.486 e. The zero-order valence-electron chi connectivity index (χ0n) is 14.9. The number of benzene rings is 2. The van der Waals surface area contributed by atoms with Gasteiger partial charge < -0.3 is 15.0 Å². The Bertz CT molecular complexity index is 697. The number of carbonyl (C=O) groups is 2. The number of nitrogens with one attached hydrogen (secondary N) is 1. The molecule has 0 heterocycles. The first-order valence-corrected chi connectivity index (χ1v) is 8.27. The molecule has 0 saturated carbocycles. The second kappa shape index (κ2) is 8.87. The van der Waals surface area contributed by atoms with E-state index in [2.05, 4.69) is 5.32 Å². The van der Waals surface area contributed by atoms with Crippen LogP contribution in [0.15, 0.2) is 54.6 Å². The van der Waals surface area contributed by atoms with Gasteiger partial charge in [-0.25, -0.2) is 0 Å². The van der Waals surface area contributed by atoms with Gasteiger partial charge in [0.25, 0.3) is 5.91 Å². The monoisotopic (exact) mass is 340 g/mol. The maximum absolute atomic E-state index is 12.1. The zero-order chi connectivity index (χ0) is 18.2. The molecular weight excluding hydrogens is 316 g/mol. The minimum absolute atomic E-state index is 0.0149. The van der Waals surface area contributed by atoms with Crippen molar-refractivity contribution in [3.63, 3.8) is 0 Å². The summed E-state index contributed by atoms with van der Waals surface area (Å²) in [7, 11) is 3.39. The summed E-state index contributed by atoms with van der Waals surface area (Å²) in [6, 6.07) is 16.9. The Kier molecular flexibility index (Phi) is 6.57. The molecule has 0 saturated heterocycles. The second-order valence-corrected chi connectivity index (χ2v) is 5.99. The Morgan fingerprint density at radius 2 is 1.68 bits per heavy atom. The van der Waals surface area contributed by atoms with Gasteiger partial charge in [-0.1, -0.05) is 30.3 Å². The summed E-state index contributed by atoms with van der Waals surface area (Å²) in [5.41, 5.74) is 1.63. The summed E-state index contributed by atoms with van der Waals surface area (Å²) in [5, 5.41) is 2.74. The van der Waals surface area contributed by atoms with Crippen molar-refractivity contribution >= 4 is 11.8 Å². The molecule has 25 heavy (non-hydrogen) atoms. The molecular formula is C20H24N2O3. The molecule has 2 amide bonds. The third-order valence-corrected chi connectivity index (χ3v) is 3.82. The van der Waals surface area contributed by atoms with Crippen LogP contribution in [0.1, 0.15) is 35.4 Å². The Labute approximate surface area is 148 Å². The summed E-state index contributed by atoms with van der Waals surface area (Å²) < 4.78 is 5.89. The average molecular weight is 340 g/mol. The van der Waals surface area contributed by atoms with Crippen LogP contribution in [-0.4, -0.2) is 37.4 Å². The SMILES string of the molecule is C[C@H](Oc1ccc(C(=O)NCCC(=O)N(C)C)cc1)c1ccccc1. The first kappa shape index (κ1) is 18.5. The normalized spacial score (nSPS) is 11.5. The van der Waals surface area contributed by atoms with Crippen LogP contribution >= 0.6 is 0 Å². The van der Waals surface area contributed by atoms with Crippen molar-refractivity contribution in [1.29, 1.82) is 0 Å². The number of amides is 2. The third-order valence-electron chi connectivity index (χ3n) is 3.82. The van der Waals surface area contributed by atoms with E-state index < -0.39 is 0 Å². The van der Waals surface area contributed by atoms with Crippen molar-refractivity contribution in [3.8, 4) is 5.75 Å². The van der Waals surface area contributed by atoms with Crippen molar-refractivity contribution in [2.75, 3.05) is 20.6 Å². The molecule has 0 aliphatic carbocycles. The molecule has 1 atom stereocenters. The lowest BCUT2D eigenvalue weighted by atomic mass is 10.1. The second-order valence-electron chi connectivity index (χ2n) is 5.99. The highest BCUT2D eigenvalue weighted by Gasteiger charge is 2.10. The minimum Gasteiger partial charge on any atom is -0.486 e. The van der Waals surface area contributed by atoms with E-state index in [1.165, 1.54) is 4.90 Å². The zero-order valence-corrected chi connectivity index (χ0v) is 14.9. The van der Waals surface area contributed by atoms with Gasteiger partial charge in [-0.2, -0.15) is 0 Å². The molecule has 0 radical (unpaired) electrons. The van der Waals surface area contributed by atoms with Gasteiger partial charge in [0.15, 0.2) is 0 Å². The van der Waals surface area contributed by atoms with Gasteiger partial charge in [-0.05, 0) is 36.8 Å². The predicted molar refractivity (Wildman–Crippen MR) is 97.6 cm³/mol. The summed E-state index contributed by atoms with van der Waals surface area (Å²) in [6.07, 6.45) is 0.215. The van der Waals surface area contributed by atoms with Crippen LogP contribution in [0.25, 0.3) is 0 Å². The molecule has 2 aromatic carbocycles. The fourth-order valence-electron chi connectivity index (χ4n) is 2.29. The molecule has 0 bridgehead atoms. The van der Waals surface area contributed by atoms with Crippen molar-refractivity contribution in [3.05, 3.63) is 65.7 Å². The molecule has 5 nitrogen and oxygen atoms in total. The Morgan fingerprint density at radius 1 is 1.04 bits per heavy atom. The van der Waals surface area contributed by atoms with Gasteiger partial charge in [0.05, 0.1) is 0 Å². The third kappa shape index (κ3) is 5.64.